The van der Waals surface area contributed by atoms with Crippen LogP contribution in [0, 0.1) is 0 Å². The molecule has 0 bridgehead atoms. The Morgan fingerprint density at radius 3 is 2.73 bits per heavy atom. The summed E-state index contributed by atoms with van der Waals surface area (Å²) in [5.41, 5.74) is -1.61. The van der Waals surface area contributed by atoms with E-state index in [1.54, 1.807) is 0 Å². The van der Waals surface area contributed by atoms with Crippen LogP contribution in [0.3, 0.4) is 0 Å². The summed E-state index contributed by atoms with van der Waals surface area (Å²) in [5.74, 6) is -0.811. The van der Waals surface area contributed by atoms with Crippen LogP contribution in [0.2, 0.25) is 5.02 Å². The van der Waals surface area contributed by atoms with Crippen LogP contribution < -0.4 is 5.69 Å². The van der Waals surface area contributed by atoms with Crippen LogP contribution in [-0.2, 0) is 17.4 Å². The molecule has 2 aromatic heterocycles. The molecule has 0 fully saturated rings. The number of carboxylic acids is 1. The molecule has 1 aliphatic heterocycles. The number of alkyl halides is 3. The molecule has 1 aliphatic rings. The summed E-state index contributed by atoms with van der Waals surface area (Å²) in [6, 6.07) is -1.13. The summed E-state index contributed by atoms with van der Waals surface area (Å²) in [7, 11) is 0. The molecule has 11 heteroatoms. The Hall–Kier alpha value is -2.36. The highest BCUT2D eigenvalue weighted by atomic mass is 35.5. The van der Waals surface area contributed by atoms with Crippen LogP contribution in [0.15, 0.2) is 17.1 Å². The van der Waals surface area contributed by atoms with Gasteiger partial charge in [-0.15, -0.1) is 0 Å². The number of rotatable bonds is 3. The molecule has 0 aromatic carbocycles. The quantitative estimate of drug-likeness (QED) is 0.870. The second-order valence-electron chi connectivity index (χ2n) is 6.02. The summed E-state index contributed by atoms with van der Waals surface area (Å²) in [6.07, 6.45) is -2.63. The van der Waals surface area contributed by atoms with Crippen molar-refractivity contribution in [3.8, 4) is 0 Å². The van der Waals surface area contributed by atoms with Gasteiger partial charge in [-0.2, -0.15) is 18.3 Å². The third-order valence-corrected chi connectivity index (χ3v) is 4.64. The van der Waals surface area contributed by atoms with Gasteiger partial charge >= 0.3 is 17.8 Å². The number of fused-ring (bicyclic) bond motifs is 1. The molecule has 0 saturated carbocycles. The Kier molecular flexibility index (Phi) is 4.55. The Morgan fingerprint density at radius 1 is 1.46 bits per heavy atom. The van der Waals surface area contributed by atoms with Crippen molar-refractivity contribution in [2.24, 2.45) is 0 Å². The maximum Gasteiger partial charge on any atom is 0.417 e. The van der Waals surface area contributed by atoms with Gasteiger partial charge in [-0.25, -0.2) is 14.3 Å². The van der Waals surface area contributed by atoms with Crippen LogP contribution in [0.1, 0.15) is 48.9 Å². The maximum atomic E-state index is 12.7. The van der Waals surface area contributed by atoms with Crippen molar-refractivity contribution in [2.75, 3.05) is 0 Å². The zero-order chi connectivity index (χ0) is 19.2. The first-order valence-corrected chi connectivity index (χ1v) is 8.14. The number of aliphatic carboxylic acids is 1. The Bertz CT molecular complexity index is 922. The standard InChI is InChI=1S/C15H14ClF3N4O3/c1-7(12-9(16)5-8(6-20-12)15(17,18)19)23-14(26)22-10(13(24)25)3-2-4-11(22)21-23/h5-7,10H,2-4H2,1H3,(H,24,25)/t7?,10-/m0/s1. The molecule has 1 unspecified atom stereocenters. The second kappa shape index (κ2) is 6.42. The molecule has 0 saturated heterocycles. The molecule has 2 aromatic rings. The van der Waals surface area contributed by atoms with Crippen LogP contribution in [0.5, 0.6) is 0 Å². The summed E-state index contributed by atoms with van der Waals surface area (Å²) in [4.78, 5) is 27.7. The maximum absolute atomic E-state index is 12.7. The van der Waals surface area contributed by atoms with Crippen molar-refractivity contribution in [3.63, 3.8) is 0 Å². The zero-order valence-electron chi connectivity index (χ0n) is 13.5. The fraction of sp³-hybridized carbons (Fsp3) is 0.467. The van der Waals surface area contributed by atoms with Gasteiger partial charge < -0.3 is 5.11 Å². The van der Waals surface area contributed by atoms with E-state index in [0.29, 0.717) is 31.3 Å². The lowest BCUT2D eigenvalue weighted by Gasteiger charge is -2.19. The van der Waals surface area contributed by atoms with Crippen molar-refractivity contribution in [2.45, 2.75) is 44.4 Å². The van der Waals surface area contributed by atoms with Gasteiger partial charge in [0.15, 0.2) is 0 Å². The third kappa shape index (κ3) is 3.09. The third-order valence-electron chi connectivity index (χ3n) is 4.34. The van der Waals surface area contributed by atoms with Gasteiger partial charge in [0.2, 0.25) is 0 Å². The van der Waals surface area contributed by atoms with Gasteiger partial charge in [0.25, 0.3) is 0 Å². The molecule has 140 valence electrons. The van der Waals surface area contributed by atoms with Crippen molar-refractivity contribution >= 4 is 17.6 Å². The van der Waals surface area contributed by atoms with E-state index in [9.17, 15) is 27.9 Å². The van der Waals surface area contributed by atoms with Gasteiger partial charge in [-0.3, -0.25) is 9.55 Å². The largest absolute Gasteiger partial charge is 0.480 e. The highest BCUT2D eigenvalue weighted by molar-refractivity contribution is 6.31. The number of hydrogen-bond donors (Lipinski definition) is 1. The normalized spacial score (nSPS) is 18.4. The van der Waals surface area contributed by atoms with Crippen LogP contribution in [0.25, 0.3) is 0 Å². The Morgan fingerprint density at radius 2 is 2.15 bits per heavy atom. The van der Waals surface area contributed by atoms with E-state index >= 15 is 0 Å². The molecule has 2 atom stereocenters. The zero-order valence-corrected chi connectivity index (χ0v) is 14.3. The molecule has 26 heavy (non-hydrogen) atoms. The van der Waals surface area contributed by atoms with E-state index in [0.717, 1.165) is 15.3 Å². The van der Waals surface area contributed by atoms with Crippen LogP contribution in [-0.4, -0.2) is 30.4 Å². The van der Waals surface area contributed by atoms with E-state index < -0.39 is 35.5 Å². The summed E-state index contributed by atoms with van der Waals surface area (Å²) < 4.78 is 40.3. The summed E-state index contributed by atoms with van der Waals surface area (Å²) >= 11 is 5.93. The molecule has 0 aliphatic carbocycles. The predicted octanol–water partition coefficient (Wildman–Crippen LogP) is 2.68. The number of hydrogen-bond acceptors (Lipinski definition) is 4. The number of halogens is 4. The Labute approximate surface area is 150 Å². The Balaban J connectivity index is 2.03. The van der Waals surface area contributed by atoms with Gasteiger partial charge in [-0.1, -0.05) is 11.6 Å². The SMILES string of the molecule is CC(c1ncc(C(F)(F)F)cc1Cl)n1nc2n(c1=O)[C@H](C(=O)O)CCC2. The first-order chi connectivity index (χ1) is 12.1. The lowest BCUT2D eigenvalue weighted by molar-refractivity contribution is -0.141. The topological polar surface area (TPSA) is 90.0 Å². The van der Waals surface area contributed by atoms with Crippen LogP contribution >= 0.6 is 11.6 Å². The van der Waals surface area contributed by atoms with Crippen molar-refractivity contribution in [3.05, 3.63) is 44.9 Å². The average Bonchev–Trinajstić information content (AvgIpc) is 2.90. The minimum absolute atomic E-state index is 0.0455. The lowest BCUT2D eigenvalue weighted by atomic mass is 10.1. The van der Waals surface area contributed by atoms with Gasteiger partial charge in [0.1, 0.15) is 11.9 Å². The molecule has 7 nitrogen and oxygen atoms in total. The molecular weight excluding hydrogens is 377 g/mol. The van der Waals surface area contributed by atoms with E-state index in [2.05, 4.69) is 10.1 Å². The highest BCUT2D eigenvalue weighted by Gasteiger charge is 2.34. The average molecular weight is 391 g/mol. The number of nitrogens with zero attached hydrogens (tertiary/aromatic N) is 4. The second-order valence-corrected chi connectivity index (χ2v) is 6.43. The van der Waals surface area contributed by atoms with Crippen molar-refractivity contribution < 1.29 is 23.1 Å². The first-order valence-electron chi connectivity index (χ1n) is 7.76. The monoisotopic (exact) mass is 390 g/mol. The molecule has 0 amide bonds. The molecule has 3 rings (SSSR count). The minimum atomic E-state index is -4.59. The number of aryl methyl sites for hydroxylation is 1. The molecule has 1 N–H and O–H groups in total. The van der Waals surface area contributed by atoms with Crippen molar-refractivity contribution in [1.82, 2.24) is 19.3 Å². The highest BCUT2D eigenvalue weighted by Crippen LogP contribution is 2.33. The van der Waals surface area contributed by atoms with Crippen LogP contribution in [0.4, 0.5) is 13.2 Å². The van der Waals surface area contributed by atoms with E-state index in [-0.39, 0.29) is 10.7 Å². The number of carboxylic acid groups (broad SMARTS) is 1. The smallest absolute Gasteiger partial charge is 0.417 e. The number of aromatic nitrogens is 4. The predicted molar refractivity (Wildman–Crippen MR) is 84.2 cm³/mol. The minimum Gasteiger partial charge on any atom is -0.480 e. The first kappa shape index (κ1) is 18.4. The molecule has 3 heterocycles. The molecule has 0 radical (unpaired) electrons. The fourth-order valence-electron chi connectivity index (χ4n) is 3.02. The number of carbonyl (C=O) groups is 1. The van der Waals surface area contributed by atoms with E-state index in [4.69, 9.17) is 11.6 Å². The summed E-state index contributed by atoms with van der Waals surface area (Å²) in [5, 5.41) is 13.2. The molecule has 0 spiro atoms. The summed E-state index contributed by atoms with van der Waals surface area (Å²) in [6.45, 7) is 1.51. The lowest BCUT2D eigenvalue weighted by Crippen LogP contribution is -2.35. The van der Waals surface area contributed by atoms with Gasteiger partial charge in [0, 0.05) is 12.6 Å². The number of pyridine rings is 1. The van der Waals surface area contributed by atoms with E-state index in [1.807, 2.05) is 0 Å². The van der Waals surface area contributed by atoms with Gasteiger partial charge in [0.05, 0.1) is 22.3 Å². The van der Waals surface area contributed by atoms with Gasteiger partial charge in [-0.05, 0) is 25.8 Å². The van der Waals surface area contributed by atoms with Crippen molar-refractivity contribution in [1.29, 1.82) is 0 Å². The fourth-order valence-corrected chi connectivity index (χ4v) is 3.34. The molecular formula is C15H14ClF3N4O3. The van der Waals surface area contributed by atoms with E-state index in [1.165, 1.54) is 6.92 Å².